The normalized spacial score (nSPS) is 11.3. The van der Waals surface area contributed by atoms with Gasteiger partial charge in [-0.05, 0) is 0 Å². The molecular weight excluding hydrogens is 176 g/mol. The lowest BCUT2D eigenvalue weighted by atomic mass is 10.1. The van der Waals surface area contributed by atoms with Crippen molar-refractivity contribution < 1.29 is 13.6 Å². The summed E-state index contributed by atoms with van der Waals surface area (Å²) in [4.78, 5) is 10.8. The van der Waals surface area contributed by atoms with E-state index in [2.05, 4.69) is 0 Å². The third kappa shape index (κ3) is 1.89. The van der Waals surface area contributed by atoms with Crippen LogP contribution in [0.2, 0.25) is 0 Å². The maximum Gasteiger partial charge on any atom is 0.331 e. The topological polar surface area (TPSA) is 43.1 Å². The molecule has 1 rings (SSSR count). The number of hydrogen-bond acceptors (Lipinski definition) is 2. The summed E-state index contributed by atoms with van der Waals surface area (Å²) in [5.74, 6) is -4.73. The highest BCUT2D eigenvalue weighted by molar-refractivity contribution is 5.88. The van der Waals surface area contributed by atoms with Gasteiger partial charge in [0.2, 0.25) is 5.78 Å². The molecular formula is C9H9F2NO. The van der Waals surface area contributed by atoms with Crippen molar-refractivity contribution in [3.63, 3.8) is 0 Å². The van der Waals surface area contributed by atoms with Crippen LogP contribution in [0.15, 0.2) is 30.3 Å². The van der Waals surface area contributed by atoms with Gasteiger partial charge >= 0.3 is 5.92 Å². The van der Waals surface area contributed by atoms with Crippen LogP contribution in [0.1, 0.15) is 5.56 Å². The van der Waals surface area contributed by atoms with Gasteiger partial charge in [-0.3, -0.25) is 4.79 Å². The molecule has 70 valence electrons. The summed E-state index contributed by atoms with van der Waals surface area (Å²) >= 11 is 0. The van der Waals surface area contributed by atoms with Gasteiger partial charge in [-0.1, -0.05) is 30.3 Å². The van der Waals surface area contributed by atoms with Gasteiger partial charge < -0.3 is 5.73 Å². The SMILES string of the molecule is NCC(=O)C(F)(F)c1ccccc1. The van der Waals surface area contributed by atoms with Crippen LogP contribution in [0, 0.1) is 0 Å². The van der Waals surface area contributed by atoms with Crippen molar-refractivity contribution in [1.29, 1.82) is 0 Å². The average Bonchev–Trinajstić information content (AvgIpc) is 2.18. The number of alkyl halides is 2. The maximum absolute atomic E-state index is 13.1. The minimum Gasteiger partial charge on any atom is -0.324 e. The largest absolute Gasteiger partial charge is 0.331 e. The molecule has 1 aromatic carbocycles. The number of ketones is 1. The van der Waals surface area contributed by atoms with E-state index in [1.54, 1.807) is 6.07 Å². The molecule has 0 aliphatic carbocycles. The third-order valence-corrected chi connectivity index (χ3v) is 1.67. The van der Waals surface area contributed by atoms with Gasteiger partial charge in [0.15, 0.2) is 0 Å². The monoisotopic (exact) mass is 185 g/mol. The number of nitrogens with two attached hydrogens (primary N) is 1. The second-order valence-corrected chi connectivity index (χ2v) is 2.57. The van der Waals surface area contributed by atoms with Crippen LogP contribution in [0.3, 0.4) is 0 Å². The molecule has 0 saturated heterocycles. The van der Waals surface area contributed by atoms with Crippen LogP contribution in [0.4, 0.5) is 8.78 Å². The fraction of sp³-hybridized carbons (Fsp3) is 0.222. The van der Waals surface area contributed by atoms with E-state index in [1.807, 2.05) is 0 Å². The highest BCUT2D eigenvalue weighted by atomic mass is 19.3. The van der Waals surface area contributed by atoms with E-state index in [9.17, 15) is 13.6 Å². The first-order chi connectivity index (χ1) is 6.09. The predicted octanol–water partition coefficient (Wildman–Crippen LogP) is 1.31. The number of benzene rings is 1. The predicted molar refractivity (Wildman–Crippen MR) is 44.4 cm³/mol. The maximum atomic E-state index is 13.1. The molecule has 2 N–H and O–H groups in total. The van der Waals surface area contributed by atoms with E-state index in [0.29, 0.717) is 0 Å². The standard InChI is InChI=1S/C9H9F2NO/c10-9(11,8(13)6-12)7-4-2-1-3-5-7/h1-5H,6,12H2. The first kappa shape index (κ1) is 9.80. The second kappa shape index (κ2) is 3.62. The Morgan fingerprint density at radius 2 is 1.85 bits per heavy atom. The van der Waals surface area contributed by atoms with Crippen molar-refractivity contribution in [2.75, 3.05) is 6.54 Å². The van der Waals surface area contributed by atoms with Crippen LogP contribution in [0.25, 0.3) is 0 Å². The van der Waals surface area contributed by atoms with Crippen molar-refractivity contribution in [3.8, 4) is 0 Å². The summed E-state index contributed by atoms with van der Waals surface area (Å²) in [7, 11) is 0. The van der Waals surface area contributed by atoms with Gasteiger partial charge in [-0.2, -0.15) is 8.78 Å². The Hall–Kier alpha value is -1.29. The zero-order valence-corrected chi connectivity index (χ0v) is 6.84. The first-order valence-corrected chi connectivity index (χ1v) is 3.75. The van der Waals surface area contributed by atoms with Crippen molar-refractivity contribution in [1.82, 2.24) is 0 Å². The van der Waals surface area contributed by atoms with E-state index in [1.165, 1.54) is 24.3 Å². The molecule has 0 bridgehead atoms. The van der Waals surface area contributed by atoms with Gasteiger partial charge in [0.05, 0.1) is 6.54 Å². The molecule has 2 nitrogen and oxygen atoms in total. The minimum absolute atomic E-state index is 0.314. The average molecular weight is 185 g/mol. The fourth-order valence-corrected chi connectivity index (χ4v) is 0.937. The summed E-state index contributed by atoms with van der Waals surface area (Å²) in [6.45, 7) is -0.651. The summed E-state index contributed by atoms with van der Waals surface area (Å²) < 4.78 is 26.2. The van der Waals surface area contributed by atoms with Crippen LogP contribution in [-0.4, -0.2) is 12.3 Å². The van der Waals surface area contributed by atoms with E-state index in [-0.39, 0.29) is 5.56 Å². The molecule has 0 radical (unpaired) electrons. The molecule has 0 spiro atoms. The summed E-state index contributed by atoms with van der Waals surface area (Å²) in [6.07, 6.45) is 0. The van der Waals surface area contributed by atoms with E-state index in [4.69, 9.17) is 5.73 Å². The summed E-state index contributed by atoms with van der Waals surface area (Å²) in [5.41, 5.74) is 4.55. The van der Waals surface area contributed by atoms with Gasteiger partial charge in [-0.15, -0.1) is 0 Å². The molecule has 0 amide bonds. The molecule has 0 fully saturated rings. The van der Waals surface area contributed by atoms with Crippen LogP contribution in [0.5, 0.6) is 0 Å². The lowest BCUT2D eigenvalue weighted by molar-refractivity contribution is -0.142. The Kier molecular flexibility index (Phi) is 2.72. The van der Waals surface area contributed by atoms with Crippen molar-refractivity contribution in [2.45, 2.75) is 5.92 Å². The summed E-state index contributed by atoms with van der Waals surface area (Å²) in [5, 5.41) is 0. The molecule has 0 aliphatic heterocycles. The highest BCUT2D eigenvalue weighted by Crippen LogP contribution is 2.27. The Labute approximate surface area is 74.4 Å². The van der Waals surface area contributed by atoms with Crippen LogP contribution in [-0.2, 0) is 10.7 Å². The van der Waals surface area contributed by atoms with Crippen molar-refractivity contribution in [2.24, 2.45) is 5.73 Å². The van der Waals surface area contributed by atoms with Gasteiger partial charge in [0.25, 0.3) is 0 Å². The molecule has 0 aromatic heterocycles. The van der Waals surface area contributed by atoms with Crippen molar-refractivity contribution in [3.05, 3.63) is 35.9 Å². The Balaban J connectivity index is 3.00. The number of carbonyl (C=O) groups is 1. The Morgan fingerprint density at radius 3 is 2.31 bits per heavy atom. The van der Waals surface area contributed by atoms with Crippen LogP contribution >= 0.6 is 0 Å². The fourth-order valence-electron chi connectivity index (χ4n) is 0.937. The minimum atomic E-state index is -3.46. The molecule has 0 saturated carbocycles. The number of Topliss-reactive ketones (excluding diaryl/α,β-unsaturated/α-hetero) is 1. The van der Waals surface area contributed by atoms with Gasteiger partial charge in [0.1, 0.15) is 0 Å². The van der Waals surface area contributed by atoms with E-state index >= 15 is 0 Å². The quantitative estimate of drug-likeness (QED) is 0.771. The Morgan fingerprint density at radius 1 is 1.31 bits per heavy atom. The van der Waals surface area contributed by atoms with Crippen LogP contribution < -0.4 is 5.73 Å². The lowest BCUT2D eigenvalue weighted by Gasteiger charge is -2.13. The number of hydrogen-bond donors (Lipinski definition) is 1. The van der Waals surface area contributed by atoms with Gasteiger partial charge in [0, 0.05) is 5.56 Å². The third-order valence-electron chi connectivity index (χ3n) is 1.67. The molecule has 1 aromatic rings. The number of rotatable bonds is 3. The molecule has 0 unspecified atom stereocenters. The van der Waals surface area contributed by atoms with Crippen molar-refractivity contribution >= 4 is 5.78 Å². The highest BCUT2D eigenvalue weighted by Gasteiger charge is 2.38. The smallest absolute Gasteiger partial charge is 0.324 e. The molecule has 0 aliphatic rings. The molecule has 4 heteroatoms. The summed E-state index contributed by atoms with van der Waals surface area (Å²) in [6, 6.07) is 6.91. The molecule has 0 atom stereocenters. The first-order valence-electron chi connectivity index (χ1n) is 3.75. The zero-order valence-electron chi connectivity index (χ0n) is 6.84. The number of carbonyl (C=O) groups excluding carboxylic acids is 1. The Bertz CT molecular complexity index is 298. The molecule has 0 heterocycles. The van der Waals surface area contributed by atoms with E-state index in [0.717, 1.165) is 0 Å². The van der Waals surface area contributed by atoms with Gasteiger partial charge in [-0.25, -0.2) is 0 Å². The second-order valence-electron chi connectivity index (χ2n) is 2.57. The van der Waals surface area contributed by atoms with E-state index < -0.39 is 18.3 Å². The lowest BCUT2D eigenvalue weighted by Crippen LogP contribution is -2.32. The zero-order chi connectivity index (χ0) is 9.90. The molecule has 13 heavy (non-hydrogen) atoms. The number of halogens is 2.